The Labute approximate surface area is 84.2 Å². The molecule has 2 N–H and O–H groups in total. The number of nitrogens with one attached hydrogen (secondary N) is 1. The number of carboxylic acid groups (broad SMARTS) is 1. The van der Waals surface area contributed by atoms with Crippen LogP contribution in [0, 0.1) is 0 Å². The summed E-state index contributed by atoms with van der Waals surface area (Å²) in [5, 5.41) is 11.1. The van der Waals surface area contributed by atoms with Gasteiger partial charge in [-0.05, 0) is 6.07 Å². The van der Waals surface area contributed by atoms with E-state index in [-0.39, 0.29) is 12.0 Å². The van der Waals surface area contributed by atoms with Crippen LogP contribution in [0.1, 0.15) is 12.1 Å². The maximum Gasteiger partial charge on any atom is 0.303 e. The molecule has 78 valence electrons. The fourth-order valence-electron chi connectivity index (χ4n) is 1.36. The van der Waals surface area contributed by atoms with Gasteiger partial charge < -0.3 is 5.11 Å². The van der Waals surface area contributed by atoms with Crippen LogP contribution in [-0.4, -0.2) is 25.7 Å². The molecule has 0 amide bonds. The average molecular weight is 207 g/mol. The molecule has 2 heterocycles. The number of nitrogens with zero attached hydrogens (tertiary/aromatic N) is 2. The van der Waals surface area contributed by atoms with Crippen molar-refractivity contribution in [2.24, 2.45) is 0 Å². The standard InChI is InChI=1S/C9H9N3O3/c13-8-3-2-7-10-5-6(12(7)11-8)1-4-9(14)15/h2-3,5H,1,4H2,(H,11,13)(H,14,15). The van der Waals surface area contributed by atoms with Gasteiger partial charge in [0.05, 0.1) is 18.3 Å². The third kappa shape index (κ3) is 1.88. The number of hydrogen-bond donors (Lipinski definition) is 2. The van der Waals surface area contributed by atoms with Gasteiger partial charge in [-0.2, -0.15) is 0 Å². The Kier molecular flexibility index (Phi) is 2.24. The number of rotatable bonds is 3. The molecular weight excluding hydrogens is 198 g/mol. The zero-order valence-electron chi connectivity index (χ0n) is 7.80. The van der Waals surface area contributed by atoms with Crippen LogP contribution in [0.4, 0.5) is 0 Å². The van der Waals surface area contributed by atoms with Gasteiger partial charge in [-0.15, -0.1) is 0 Å². The van der Waals surface area contributed by atoms with E-state index in [1.54, 1.807) is 12.3 Å². The fraction of sp³-hybridized carbons (Fsp3) is 0.222. The van der Waals surface area contributed by atoms with E-state index in [1.165, 1.54) is 10.6 Å². The van der Waals surface area contributed by atoms with Crippen LogP contribution in [0.25, 0.3) is 5.65 Å². The predicted octanol–water partition coefficient (Wildman–Crippen LogP) is 0.0398. The van der Waals surface area contributed by atoms with E-state index >= 15 is 0 Å². The first-order valence-electron chi connectivity index (χ1n) is 4.44. The van der Waals surface area contributed by atoms with Crippen molar-refractivity contribution in [3.63, 3.8) is 0 Å². The van der Waals surface area contributed by atoms with Gasteiger partial charge in [0.25, 0.3) is 5.56 Å². The SMILES string of the molecule is O=C(O)CCc1cnc2ccc(=O)[nH]n12. The minimum absolute atomic E-state index is 0.0186. The van der Waals surface area contributed by atoms with Crippen LogP contribution >= 0.6 is 0 Å². The molecule has 6 heteroatoms. The van der Waals surface area contributed by atoms with E-state index in [9.17, 15) is 9.59 Å². The van der Waals surface area contributed by atoms with E-state index < -0.39 is 5.97 Å². The second kappa shape index (κ2) is 3.56. The maximum atomic E-state index is 11.1. The summed E-state index contributed by atoms with van der Waals surface area (Å²) >= 11 is 0. The lowest BCUT2D eigenvalue weighted by atomic mass is 10.2. The van der Waals surface area contributed by atoms with E-state index in [0.29, 0.717) is 17.8 Å². The third-order valence-corrected chi connectivity index (χ3v) is 2.06. The van der Waals surface area contributed by atoms with Crippen LogP contribution in [-0.2, 0) is 11.2 Å². The summed E-state index contributed by atoms with van der Waals surface area (Å²) in [6, 6.07) is 2.96. The third-order valence-electron chi connectivity index (χ3n) is 2.06. The molecule has 0 atom stereocenters. The molecule has 0 aliphatic carbocycles. The maximum absolute atomic E-state index is 11.1. The number of aromatic amines is 1. The van der Waals surface area contributed by atoms with Crippen molar-refractivity contribution in [1.29, 1.82) is 0 Å². The Morgan fingerprint density at radius 3 is 3.07 bits per heavy atom. The Balaban J connectivity index is 2.39. The van der Waals surface area contributed by atoms with Crippen molar-refractivity contribution < 1.29 is 9.90 Å². The smallest absolute Gasteiger partial charge is 0.303 e. The van der Waals surface area contributed by atoms with Crippen LogP contribution in [0.2, 0.25) is 0 Å². The molecule has 0 spiro atoms. The molecule has 2 rings (SSSR count). The van der Waals surface area contributed by atoms with E-state index in [1.807, 2.05) is 0 Å². The molecule has 0 bridgehead atoms. The summed E-state index contributed by atoms with van der Waals surface area (Å²) in [5.41, 5.74) is 1.05. The first-order valence-corrected chi connectivity index (χ1v) is 4.44. The second-order valence-electron chi connectivity index (χ2n) is 3.15. The molecule has 0 unspecified atom stereocenters. The molecule has 0 radical (unpaired) electrons. The molecule has 0 saturated carbocycles. The number of carboxylic acids is 1. The van der Waals surface area contributed by atoms with Crippen molar-refractivity contribution >= 4 is 11.6 Å². The van der Waals surface area contributed by atoms with Crippen molar-refractivity contribution in [2.45, 2.75) is 12.8 Å². The Morgan fingerprint density at radius 1 is 1.53 bits per heavy atom. The first-order chi connectivity index (χ1) is 7.16. The molecule has 0 aromatic carbocycles. The highest BCUT2D eigenvalue weighted by Crippen LogP contribution is 2.04. The van der Waals surface area contributed by atoms with Gasteiger partial charge in [0, 0.05) is 12.5 Å². The van der Waals surface area contributed by atoms with E-state index in [0.717, 1.165) is 0 Å². The summed E-state index contributed by atoms with van der Waals surface area (Å²) in [7, 11) is 0. The summed E-state index contributed by atoms with van der Waals surface area (Å²) < 4.78 is 1.51. The van der Waals surface area contributed by atoms with Crippen molar-refractivity contribution in [3.05, 3.63) is 34.4 Å². The molecule has 15 heavy (non-hydrogen) atoms. The number of imidazole rings is 1. The highest BCUT2D eigenvalue weighted by molar-refractivity contribution is 5.67. The topological polar surface area (TPSA) is 87.5 Å². The normalized spacial score (nSPS) is 10.7. The van der Waals surface area contributed by atoms with E-state index in [4.69, 9.17) is 5.11 Å². The van der Waals surface area contributed by atoms with Crippen LogP contribution in [0.15, 0.2) is 23.1 Å². The Hall–Kier alpha value is -2.11. The van der Waals surface area contributed by atoms with Crippen LogP contribution in [0.3, 0.4) is 0 Å². The quantitative estimate of drug-likeness (QED) is 0.743. The number of carbonyl (C=O) groups is 1. The monoisotopic (exact) mass is 207 g/mol. The van der Waals surface area contributed by atoms with Gasteiger partial charge in [-0.1, -0.05) is 0 Å². The van der Waals surface area contributed by atoms with Gasteiger partial charge in [0.15, 0.2) is 5.65 Å². The lowest BCUT2D eigenvalue weighted by Crippen LogP contribution is -2.11. The average Bonchev–Trinajstić information content (AvgIpc) is 2.57. The summed E-state index contributed by atoms with van der Waals surface area (Å²) in [5.74, 6) is -0.872. The van der Waals surface area contributed by atoms with Crippen molar-refractivity contribution in [3.8, 4) is 0 Å². The first kappa shape index (κ1) is 9.45. The zero-order chi connectivity index (χ0) is 10.8. The van der Waals surface area contributed by atoms with Crippen molar-refractivity contribution in [2.75, 3.05) is 0 Å². The molecule has 2 aromatic heterocycles. The lowest BCUT2D eigenvalue weighted by Gasteiger charge is -1.98. The molecule has 6 nitrogen and oxygen atoms in total. The minimum atomic E-state index is -0.872. The van der Waals surface area contributed by atoms with Crippen molar-refractivity contribution in [1.82, 2.24) is 14.6 Å². The minimum Gasteiger partial charge on any atom is -0.481 e. The number of H-pyrrole nitrogens is 1. The van der Waals surface area contributed by atoms with Crippen LogP contribution < -0.4 is 5.56 Å². The van der Waals surface area contributed by atoms with Gasteiger partial charge in [-0.3, -0.25) is 14.7 Å². The summed E-state index contributed by atoms with van der Waals surface area (Å²) in [6.07, 6.45) is 1.93. The van der Waals surface area contributed by atoms with E-state index in [2.05, 4.69) is 10.1 Å². The Bertz CT molecular complexity index is 555. The van der Waals surface area contributed by atoms with Gasteiger partial charge in [0.1, 0.15) is 0 Å². The summed E-state index contributed by atoms with van der Waals surface area (Å²) in [4.78, 5) is 25.5. The molecular formula is C9H9N3O3. The molecule has 0 fully saturated rings. The van der Waals surface area contributed by atoms with Crippen LogP contribution in [0.5, 0.6) is 0 Å². The highest BCUT2D eigenvalue weighted by Gasteiger charge is 2.05. The lowest BCUT2D eigenvalue weighted by molar-refractivity contribution is -0.136. The molecule has 2 aromatic rings. The molecule has 0 saturated heterocycles. The molecule has 0 aliphatic heterocycles. The fourth-order valence-corrected chi connectivity index (χ4v) is 1.36. The second-order valence-corrected chi connectivity index (χ2v) is 3.15. The number of hydrogen-bond acceptors (Lipinski definition) is 3. The predicted molar refractivity (Wildman–Crippen MR) is 51.8 cm³/mol. The number of fused-ring (bicyclic) bond motifs is 1. The Morgan fingerprint density at radius 2 is 2.33 bits per heavy atom. The number of aromatic nitrogens is 3. The summed E-state index contributed by atoms with van der Waals surface area (Å²) in [6.45, 7) is 0. The van der Waals surface area contributed by atoms with Gasteiger partial charge in [-0.25, -0.2) is 9.50 Å². The highest BCUT2D eigenvalue weighted by atomic mass is 16.4. The number of aryl methyl sites for hydroxylation is 1. The zero-order valence-corrected chi connectivity index (χ0v) is 7.80. The largest absolute Gasteiger partial charge is 0.481 e. The molecule has 0 aliphatic rings. The van der Waals surface area contributed by atoms with Gasteiger partial charge >= 0.3 is 5.97 Å². The number of aliphatic carboxylic acids is 1. The van der Waals surface area contributed by atoms with Gasteiger partial charge in [0.2, 0.25) is 0 Å².